The van der Waals surface area contributed by atoms with Crippen molar-refractivity contribution in [3.63, 3.8) is 0 Å². The molecule has 1 amide bonds. The molecule has 4 N–H and O–H groups in total. The molecule has 0 saturated heterocycles. The maximum absolute atomic E-state index is 12.3. The van der Waals surface area contributed by atoms with E-state index >= 15 is 0 Å². The molecule has 0 saturated carbocycles. The van der Waals surface area contributed by atoms with Crippen LogP contribution in [0.1, 0.15) is 36.9 Å². The Hall–Kier alpha value is -1.28. The van der Waals surface area contributed by atoms with E-state index in [1.807, 2.05) is 18.7 Å². The number of nitrogens with zero attached hydrogens (tertiary/aromatic N) is 1. The molecule has 8 heteroatoms. The van der Waals surface area contributed by atoms with Gasteiger partial charge in [-0.3, -0.25) is 4.79 Å². The van der Waals surface area contributed by atoms with E-state index in [0.717, 1.165) is 17.8 Å². The first-order valence-electron chi connectivity index (χ1n) is 6.49. The topological polar surface area (TPSA) is 106 Å². The first kappa shape index (κ1) is 16.8. The normalized spacial score (nSPS) is 11.6. The zero-order chi connectivity index (χ0) is 15.5. The molecule has 0 aliphatic rings. The quantitative estimate of drug-likeness (QED) is 0.791. The van der Waals surface area contributed by atoms with Gasteiger partial charge in [0, 0.05) is 13.1 Å². The van der Waals surface area contributed by atoms with Gasteiger partial charge in [-0.2, -0.15) is 0 Å². The predicted molar refractivity (Wildman–Crippen MR) is 83.2 cm³/mol. The first-order chi connectivity index (χ1) is 9.30. The van der Waals surface area contributed by atoms with Crippen molar-refractivity contribution in [2.24, 2.45) is 5.73 Å². The number of nitrogen functional groups attached to an aromatic ring is 1. The Bertz CT molecular complexity index is 593. The number of rotatable bonds is 7. The number of sulfone groups is 1. The molecule has 0 bridgehead atoms. The maximum Gasteiger partial charge on any atom is 0.261 e. The highest BCUT2D eigenvalue weighted by molar-refractivity contribution is 7.92. The van der Waals surface area contributed by atoms with Crippen LogP contribution in [0, 0.1) is 0 Å². The van der Waals surface area contributed by atoms with Gasteiger partial charge in [-0.15, -0.1) is 11.3 Å². The third-order valence-electron chi connectivity index (χ3n) is 2.96. The number of hydrogen-bond acceptors (Lipinski definition) is 6. The fraction of sp³-hybridized carbons (Fsp3) is 0.583. The average molecular weight is 319 g/mol. The van der Waals surface area contributed by atoms with Crippen molar-refractivity contribution in [1.29, 1.82) is 0 Å². The Kier molecular flexibility index (Phi) is 5.41. The van der Waals surface area contributed by atoms with Crippen LogP contribution in [0.3, 0.4) is 0 Å². The maximum atomic E-state index is 12.3. The standard InChI is InChI=1S/C12H21N3O3S2/c1-4-7-15(5-2)12-10(20(17,18)6-3)8(13)9(19-12)11(14)16/h4-7,13H2,1-3H3,(H2,14,16). The molecule has 0 unspecified atom stereocenters. The number of thiophene rings is 1. The van der Waals surface area contributed by atoms with E-state index in [1.165, 1.54) is 0 Å². The number of carbonyl (C=O) groups is 1. The lowest BCUT2D eigenvalue weighted by atomic mass is 10.3. The van der Waals surface area contributed by atoms with Crippen molar-refractivity contribution in [1.82, 2.24) is 0 Å². The summed E-state index contributed by atoms with van der Waals surface area (Å²) in [7, 11) is -3.51. The second-order valence-electron chi connectivity index (χ2n) is 4.33. The van der Waals surface area contributed by atoms with Crippen molar-refractivity contribution in [2.75, 3.05) is 29.5 Å². The highest BCUT2D eigenvalue weighted by atomic mass is 32.2. The van der Waals surface area contributed by atoms with E-state index in [4.69, 9.17) is 11.5 Å². The molecule has 0 aliphatic heterocycles. The summed E-state index contributed by atoms with van der Waals surface area (Å²) in [6, 6.07) is 0. The van der Waals surface area contributed by atoms with Gasteiger partial charge in [-0.25, -0.2) is 8.42 Å². The molecule has 0 aromatic carbocycles. The molecule has 1 rings (SSSR count). The van der Waals surface area contributed by atoms with E-state index in [-0.39, 0.29) is 21.2 Å². The number of amides is 1. The summed E-state index contributed by atoms with van der Waals surface area (Å²) < 4.78 is 24.5. The van der Waals surface area contributed by atoms with Gasteiger partial charge in [-0.1, -0.05) is 13.8 Å². The summed E-state index contributed by atoms with van der Waals surface area (Å²) in [6.07, 6.45) is 0.864. The Morgan fingerprint density at radius 2 is 1.90 bits per heavy atom. The zero-order valence-corrected chi connectivity index (χ0v) is 13.6. The lowest BCUT2D eigenvalue weighted by Crippen LogP contribution is -2.24. The Morgan fingerprint density at radius 1 is 1.30 bits per heavy atom. The second kappa shape index (κ2) is 6.45. The predicted octanol–water partition coefficient (Wildman–Crippen LogP) is 1.46. The van der Waals surface area contributed by atoms with Crippen LogP contribution in [-0.4, -0.2) is 33.2 Å². The number of anilines is 2. The minimum Gasteiger partial charge on any atom is -0.396 e. The van der Waals surface area contributed by atoms with Gasteiger partial charge in [0.05, 0.1) is 11.4 Å². The lowest BCUT2D eigenvalue weighted by Gasteiger charge is -2.22. The van der Waals surface area contributed by atoms with Gasteiger partial charge < -0.3 is 16.4 Å². The molecule has 1 heterocycles. The van der Waals surface area contributed by atoms with Gasteiger partial charge in [0.1, 0.15) is 14.8 Å². The minimum absolute atomic E-state index is 0.0195. The molecule has 20 heavy (non-hydrogen) atoms. The highest BCUT2D eigenvalue weighted by Crippen LogP contribution is 2.41. The summed E-state index contributed by atoms with van der Waals surface area (Å²) in [6.45, 7) is 6.82. The van der Waals surface area contributed by atoms with Crippen molar-refractivity contribution >= 4 is 37.8 Å². The number of primary amides is 1. The summed E-state index contributed by atoms with van der Waals surface area (Å²) >= 11 is 1.06. The Labute approximate surface area is 123 Å². The fourth-order valence-corrected chi connectivity index (χ4v) is 4.68. The molecular weight excluding hydrogens is 298 g/mol. The van der Waals surface area contributed by atoms with Gasteiger partial charge in [0.2, 0.25) is 0 Å². The average Bonchev–Trinajstić information content (AvgIpc) is 2.74. The smallest absolute Gasteiger partial charge is 0.261 e. The summed E-state index contributed by atoms with van der Waals surface area (Å²) in [5.41, 5.74) is 11.1. The Balaban J connectivity index is 3.57. The summed E-state index contributed by atoms with van der Waals surface area (Å²) in [5.74, 6) is -0.762. The molecule has 114 valence electrons. The zero-order valence-electron chi connectivity index (χ0n) is 12.0. The molecule has 0 atom stereocenters. The van der Waals surface area contributed by atoms with Gasteiger partial charge in [0.25, 0.3) is 5.91 Å². The molecule has 6 nitrogen and oxygen atoms in total. The van der Waals surface area contributed by atoms with Crippen LogP contribution >= 0.6 is 11.3 Å². The van der Waals surface area contributed by atoms with Gasteiger partial charge in [-0.05, 0) is 13.3 Å². The largest absolute Gasteiger partial charge is 0.396 e. The number of nitrogens with two attached hydrogens (primary N) is 2. The van der Waals surface area contributed by atoms with Crippen LogP contribution in [0.5, 0.6) is 0 Å². The fourth-order valence-electron chi connectivity index (χ4n) is 1.93. The molecule has 0 spiro atoms. The SMILES string of the molecule is CCCN(CC)c1sc(C(N)=O)c(N)c1S(=O)(=O)CC. The van der Waals surface area contributed by atoms with Crippen LogP contribution in [0.2, 0.25) is 0 Å². The van der Waals surface area contributed by atoms with Crippen LogP contribution in [0.15, 0.2) is 4.90 Å². The van der Waals surface area contributed by atoms with E-state index in [2.05, 4.69) is 0 Å². The molecular formula is C12H21N3O3S2. The van der Waals surface area contributed by atoms with Crippen LogP contribution in [0.4, 0.5) is 10.7 Å². The lowest BCUT2D eigenvalue weighted by molar-refractivity contribution is 0.100. The number of carbonyl (C=O) groups excluding carboxylic acids is 1. The van der Waals surface area contributed by atoms with E-state index < -0.39 is 15.7 Å². The van der Waals surface area contributed by atoms with E-state index in [1.54, 1.807) is 6.92 Å². The van der Waals surface area contributed by atoms with E-state index in [9.17, 15) is 13.2 Å². The highest BCUT2D eigenvalue weighted by Gasteiger charge is 2.30. The van der Waals surface area contributed by atoms with Crippen molar-refractivity contribution < 1.29 is 13.2 Å². The summed E-state index contributed by atoms with van der Waals surface area (Å²) in [5, 5.41) is 0.516. The van der Waals surface area contributed by atoms with Crippen LogP contribution in [0.25, 0.3) is 0 Å². The molecule has 1 aromatic heterocycles. The number of hydrogen-bond donors (Lipinski definition) is 2. The summed E-state index contributed by atoms with van der Waals surface area (Å²) in [4.78, 5) is 13.5. The third kappa shape index (κ3) is 3.06. The second-order valence-corrected chi connectivity index (χ2v) is 7.54. The third-order valence-corrected chi connectivity index (χ3v) is 6.16. The molecule has 0 fully saturated rings. The molecule has 0 radical (unpaired) electrons. The van der Waals surface area contributed by atoms with Gasteiger partial charge >= 0.3 is 0 Å². The van der Waals surface area contributed by atoms with E-state index in [0.29, 0.717) is 18.1 Å². The van der Waals surface area contributed by atoms with Crippen molar-refractivity contribution in [3.8, 4) is 0 Å². The van der Waals surface area contributed by atoms with Crippen LogP contribution < -0.4 is 16.4 Å². The van der Waals surface area contributed by atoms with Crippen molar-refractivity contribution in [3.05, 3.63) is 4.88 Å². The molecule has 1 aromatic rings. The Morgan fingerprint density at radius 3 is 2.30 bits per heavy atom. The first-order valence-corrected chi connectivity index (χ1v) is 8.96. The van der Waals surface area contributed by atoms with Gasteiger partial charge in [0.15, 0.2) is 9.84 Å². The minimum atomic E-state index is -3.51. The molecule has 0 aliphatic carbocycles. The van der Waals surface area contributed by atoms with Crippen molar-refractivity contribution in [2.45, 2.75) is 32.1 Å². The monoisotopic (exact) mass is 319 g/mol. The van der Waals surface area contributed by atoms with Crippen LogP contribution in [-0.2, 0) is 9.84 Å².